The highest BCUT2D eigenvalue weighted by atomic mass is 32.2. The molecule has 0 amide bonds. The summed E-state index contributed by atoms with van der Waals surface area (Å²) in [6.07, 6.45) is 2.12. The van der Waals surface area contributed by atoms with Gasteiger partial charge in [0.1, 0.15) is 0 Å². The molecule has 7 heteroatoms. The van der Waals surface area contributed by atoms with Crippen LogP contribution < -0.4 is 10.5 Å². The number of carbonyl (C=O) groups is 1. The minimum atomic E-state index is -3.89. The molecule has 0 heterocycles. The molecule has 1 aliphatic carbocycles. The summed E-state index contributed by atoms with van der Waals surface area (Å²) in [5.41, 5.74) is 1.98. The first-order chi connectivity index (χ1) is 11.9. The Bertz CT molecular complexity index is 891. The lowest BCUT2D eigenvalue weighted by atomic mass is 9.96. The summed E-state index contributed by atoms with van der Waals surface area (Å²) in [7, 11) is -2.64. The first kappa shape index (κ1) is 17.4. The molecule has 0 bridgehead atoms. The second-order valence-corrected chi connectivity index (χ2v) is 7.81. The number of nitrogens with two attached hydrogens (primary N) is 1. The molecule has 0 radical (unpaired) electrons. The minimum absolute atomic E-state index is 0.0489. The van der Waals surface area contributed by atoms with Crippen molar-refractivity contribution < 1.29 is 17.9 Å². The van der Waals surface area contributed by atoms with Crippen molar-refractivity contribution >= 4 is 21.7 Å². The van der Waals surface area contributed by atoms with E-state index < -0.39 is 16.0 Å². The van der Waals surface area contributed by atoms with Gasteiger partial charge in [0.15, 0.2) is 0 Å². The molecular weight excluding hydrogens is 340 g/mol. The Morgan fingerprint density at radius 2 is 1.88 bits per heavy atom. The lowest BCUT2D eigenvalue weighted by molar-refractivity contribution is 0.0601. The fraction of sp³-hybridized carbons (Fsp3) is 0.278. The third-order valence-corrected chi connectivity index (χ3v) is 5.49. The van der Waals surface area contributed by atoms with Crippen LogP contribution in [0.3, 0.4) is 0 Å². The smallest absolute Gasteiger partial charge is 0.340 e. The molecule has 0 saturated heterocycles. The Hall–Kier alpha value is -2.38. The molecule has 0 aliphatic heterocycles. The van der Waals surface area contributed by atoms with Crippen LogP contribution in [0.15, 0.2) is 53.4 Å². The first-order valence-electron chi connectivity index (χ1n) is 7.90. The summed E-state index contributed by atoms with van der Waals surface area (Å²) >= 11 is 0. The molecule has 3 N–H and O–H groups in total. The number of hydrogen-bond donors (Lipinski definition) is 2. The number of benzene rings is 2. The second-order valence-electron chi connectivity index (χ2n) is 6.24. The third-order valence-electron chi connectivity index (χ3n) is 4.58. The van der Waals surface area contributed by atoms with Crippen LogP contribution in [0.25, 0.3) is 0 Å². The normalized spacial score (nSPS) is 15.4. The van der Waals surface area contributed by atoms with Crippen LogP contribution in [0.5, 0.6) is 0 Å². The van der Waals surface area contributed by atoms with Crippen molar-refractivity contribution in [2.75, 3.05) is 19.0 Å². The van der Waals surface area contributed by atoms with Gasteiger partial charge in [0.05, 0.1) is 17.6 Å². The van der Waals surface area contributed by atoms with Gasteiger partial charge in [-0.3, -0.25) is 0 Å². The molecule has 25 heavy (non-hydrogen) atoms. The summed E-state index contributed by atoms with van der Waals surface area (Å²) in [4.78, 5) is 11.9. The van der Waals surface area contributed by atoms with Gasteiger partial charge < -0.3 is 10.1 Å². The van der Waals surface area contributed by atoms with Crippen molar-refractivity contribution in [3.63, 3.8) is 0 Å². The average Bonchev–Trinajstić information content (AvgIpc) is 3.40. The van der Waals surface area contributed by atoms with Crippen molar-refractivity contribution in [3.05, 3.63) is 59.7 Å². The fourth-order valence-electron chi connectivity index (χ4n) is 2.91. The SMILES string of the molecule is COC(=O)c1cc(S(N)(=O)=O)ccc1NCC1(c2ccccc2)CC1. The van der Waals surface area contributed by atoms with Gasteiger partial charge in [0, 0.05) is 17.6 Å². The van der Waals surface area contributed by atoms with Crippen molar-refractivity contribution in [3.8, 4) is 0 Å². The Labute approximate surface area is 147 Å². The maximum absolute atomic E-state index is 12.0. The number of ether oxygens (including phenoxy) is 1. The van der Waals surface area contributed by atoms with Gasteiger partial charge in [0.2, 0.25) is 10.0 Å². The molecule has 2 aromatic rings. The Balaban J connectivity index is 1.86. The summed E-state index contributed by atoms with van der Waals surface area (Å²) in [5, 5.41) is 8.42. The van der Waals surface area contributed by atoms with Gasteiger partial charge in [-0.25, -0.2) is 18.4 Å². The molecule has 132 valence electrons. The van der Waals surface area contributed by atoms with E-state index in [9.17, 15) is 13.2 Å². The Morgan fingerprint density at radius 3 is 2.44 bits per heavy atom. The van der Waals surface area contributed by atoms with E-state index in [1.54, 1.807) is 6.07 Å². The van der Waals surface area contributed by atoms with Crippen LogP contribution in [0, 0.1) is 0 Å². The first-order valence-corrected chi connectivity index (χ1v) is 9.45. The Kier molecular flexibility index (Phi) is 4.53. The van der Waals surface area contributed by atoms with E-state index in [4.69, 9.17) is 9.88 Å². The predicted octanol–water partition coefficient (Wildman–Crippen LogP) is 2.26. The van der Waals surface area contributed by atoms with E-state index in [0.717, 1.165) is 12.8 Å². The number of anilines is 1. The number of carbonyl (C=O) groups excluding carboxylic acids is 1. The minimum Gasteiger partial charge on any atom is -0.465 e. The van der Waals surface area contributed by atoms with Gasteiger partial charge in [0.25, 0.3) is 0 Å². The molecule has 1 fully saturated rings. The zero-order valence-electron chi connectivity index (χ0n) is 13.9. The van der Waals surface area contributed by atoms with Gasteiger partial charge in [-0.05, 0) is 36.6 Å². The van der Waals surface area contributed by atoms with Crippen LogP contribution in [0.4, 0.5) is 5.69 Å². The quantitative estimate of drug-likeness (QED) is 0.770. The van der Waals surface area contributed by atoms with Crippen LogP contribution >= 0.6 is 0 Å². The molecule has 1 saturated carbocycles. The lowest BCUT2D eigenvalue weighted by Gasteiger charge is -2.19. The molecule has 2 aromatic carbocycles. The van der Waals surface area contributed by atoms with Crippen LogP contribution in [-0.2, 0) is 20.2 Å². The van der Waals surface area contributed by atoms with Gasteiger partial charge in [-0.2, -0.15) is 0 Å². The van der Waals surface area contributed by atoms with E-state index in [2.05, 4.69) is 17.4 Å². The standard InChI is InChI=1S/C18H20N2O4S/c1-24-17(21)15-11-14(25(19,22)23)7-8-16(15)20-12-18(9-10-18)13-5-3-2-4-6-13/h2-8,11,20H,9-10,12H2,1H3,(H2,19,22,23). The van der Waals surface area contributed by atoms with E-state index in [-0.39, 0.29) is 15.9 Å². The monoisotopic (exact) mass is 360 g/mol. The van der Waals surface area contributed by atoms with Crippen molar-refractivity contribution in [1.29, 1.82) is 0 Å². The van der Waals surface area contributed by atoms with E-state index in [1.807, 2.05) is 18.2 Å². The number of primary sulfonamides is 1. The molecule has 0 aromatic heterocycles. The largest absolute Gasteiger partial charge is 0.465 e. The third kappa shape index (κ3) is 3.67. The van der Waals surface area contributed by atoms with Crippen LogP contribution in [-0.4, -0.2) is 28.0 Å². The second kappa shape index (κ2) is 6.50. The van der Waals surface area contributed by atoms with Crippen molar-refractivity contribution in [1.82, 2.24) is 0 Å². The van der Waals surface area contributed by atoms with Crippen LogP contribution in [0.1, 0.15) is 28.8 Å². The van der Waals surface area contributed by atoms with E-state index in [0.29, 0.717) is 12.2 Å². The maximum atomic E-state index is 12.0. The summed E-state index contributed by atoms with van der Waals surface area (Å²) in [6, 6.07) is 14.4. The Morgan fingerprint density at radius 1 is 1.20 bits per heavy atom. The highest BCUT2D eigenvalue weighted by Crippen LogP contribution is 2.48. The molecular formula is C18H20N2O4S. The van der Waals surface area contributed by atoms with Crippen LogP contribution in [0.2, 0.25) is 0 Å². The molecule has 0 atom stereocenters. The van der Waals surface area contributed by atoms with Gasteiger partial charge in [-0.1, -0.05) is 30.3 Å². The maximum Gasteiger partial charge on any atom is 0.340 e. The lowest BCUT2D eigenvalue weighted by Crippen LogP contribution is -2.21. The number of rotatable bonds is 6. The highest BCUT2D eigenvalue weighted by Gasteiger charge is 2.43. The number of methoxy groups -OCH3 is 1. The molecule has 1 aliphatic rings. The molecule has 6 nitrogen and oxygen atoms in total. The zero-order chi connectivity index (χ0) is 18.1. The molecule has 3 rings (SSSR count). The fourth-order valence-corrected chi connectivity index (χ4v) is 3.45. The predicted molar refractivity (Wildman–Crippen MR) is 95.0 cm³/mol. The topological polar surface area (TPSA) is 98.5 Å². The number of sulfonamides is 1. The van der Waals surface area contributed by atoms with E-state index >= 15 is 0 Å². The van der Waals surface area contributed by atoms with Crippen molar-refractivity contribution in [2.45, 2.75) is 23.2 Å². The van der Waals surface area contributed by atoms with Crippen molar-refractivity contribution in [2.24, 2.45) is 5.14 Å². The van der Waals surface area contributed by atoms with E-state index in [1.165, 1.54) is 24.8 Å². The summed E-state index contributed by atoms with van der Waals surface area (Å²) < 4.78 is 27.8. The number of nitrogens with one attached hydrogen (secondary N) is 1. The number of hydrogen-bond acceptors (Lipinski definition) is 5. The number of esters is 1. The highest BCUT2D eigenvalue weighted by molar-refractivity contribution is 7.89. The average molecular weight is 360 g/mol. The summed E-state index contributed by atoms with van der Waals surface area (Å²) in [5.74, 6) is -0.613. The van der Waals surface area contributed by atoms with Gasteiger partial charge in [-0.15, -0.1) is 0 Å². The molecule has 0 unspecified atom stereocenters. The summed E-state index contributed by atoms with van der Waals surface area (Å²) in [6.45, 7) is 0.649. The van der Waals surface area contributed by atoms with Gasteiger partial charge >= 0.3 is 5.97 Å². The zero-order valence-corrected chi connectivity index (χ0v) is 14.7. The molecule has 0 spiro atoms.